The second-order valence-electron chi connectivity index (χ2n) is 6.51. The normalized spacial score (nSPS) is 16.0. The van der Waals surface area contributed by atoms with Crippen molar-refractivity contribution in [1.29, 1.82) is 0 Å². The van der Waals surface area contributed by atoms with Crippen LogP contribution < -0.4 is 11.1 Å². The van der Waals surface area contributed by atoms with Gasteiger partial charge in [-0.2, -0.15) is 0 Å². The van der Waals surface area contributed by atoms with E-state index in [-0.39, 0.29) is 5.76 Å². The summed E-state index contributed by atoms with van der Waals surface area (Å²) in [6, 6.07) is 2.06. The van der Waals surface area contributed by atoms with E-state index in [1.165, 1.54) is 44.8 Å². The van der Waals surface area contributed by atoms with Crippen LogP contribution in [0.15, 0.2) is 35.3 Å². The Hall–Kier alpha value is -2.83. The van der Waals surface area contributed by atoms with E-state index in [1.54, 1.807) is 18.5 Å². The Morgan fingerprint density at radius 3 is 2.76 bits per heavy atom. The van der Waals surface area contributed by atoms with Crippen molar-refractivity contribution in [2.24, 2.45) is 5.73 Å². The van der Waals surface area contributed by atoms with Crippen molar-refractivity contribution in [2.75, 3.05) is 5.32 Å². The molecule has 1 aliphatic rings. The van der Waals surface area contributed by atoms with Gasteiger partial charge in [0.1, 0.15) is 6.26 Å². The Morgan fingerprint density at radius 1 is 1.24 bits per heavy atom. The lowest BCUT2D eigenvalue weighted by Gasteiger charge is -2.17. The molecule has 1 amide bonds. The van der Waals surface area contributed by atoms with Gasteiger partial charge < -0.3 is 15.5 Å². The maximum absolute atomic E-state index is 11.2. The fourth-order valence-electron chi connectivity index (χ4n) is 3.45. The third kappa shape index (κ3) is 3.09. The highest BCUT2D eigenvalue weighted by Gasteiger charge is 2.17. The first-order valence-electron chi connectivity index (χ1n) is 8.69. The summed E-state index contributed by atoms with van der Waals surface area (Å²) in [4.78, 5) is 20.3. The summed E-state index contributed by atoms with van der Waals surface area (Å²) in [5, 5.41) is 3.56. The lowest BCUT2D eigenvalue weighted by atomic mass is 10.1. The Labute approximate surface area is 145 Å². The van der Waals surface area contributed by atoms with Gasteiger partial charge in [-0.25, -0.2) is 9.97 Å². The zero-order valence-electron chi connectivity index (χ0n) is 13.9. The highest BCUT2D eigenvalue weighted by Crippen LogP contribution is 2.27. The molecule has 7 heteroatoms. The van der Waals surface area contributed by atoms with Crippen molar-refractivity contribution in [3.8, 4) is 11.3 Å². The number of fused-ring (bicyclic) bond motifs is 1. The van der Waals surface area contributed by atoms with Crippen LogP contribution in [-0.2, 0) is 0 Å². The van der Waals surface area contributed by atoms with E-state index in [9.17, 15) is 4.79 Å². The van der Waals surface area contributed by atoms with Crippen molar-refractivity contribution < 1.29 is 9.21 Å². The van der Waals surface area contributed by atoms with Crippen LogP contribution in [0.3, 0.4) is 0 Å². The minimum Gasteiger partial charge on any atom is -0.458 e. The molecule has 0 bridgehead atoms. The van der Waals surface area contributed by atoms with Gasteiger partial charge in [0.15, 0.2) is 17.2 Å². The lowest BCUT2D eigenvalue weighted by Crippen LogP contribution is -2.19. The minimum atomic E-state index is -0.590. The van der Waals surface area contributed by atoms with E-state index in [0.29, 0.717) is 6.04 Å². The number of aromatic nitrogens is 3. The molecule has 0 aliphatic heterocycles. The molecule has 0 radical (unpaired) electrons. The standard InChI is InChI=1S/C18H21N5O2/c19-16(24)15-9-12(11-25-15)14-10-21-17(18-20-7-8-23(14)18)22-13-5-3-1-2-4-6-13/h7-11,13H,1-6H2,(H2,19,24)(H,21,22). The average Bonchev–Trinajstić information content (AvgIpc) is 3.21. The highest BCUT2D eigenvalue weighted by molar-refractivity contribution is 5.91. The molecule has 1 aliphatic carbocycles. The second-order valence-corrected chi connectivity index (χ2v) is 6.51. The van der Waals surface area contributed by atoms with Crippen LogP contribution in [0.1, 0.15) is 49.1 Å². The first-order chi connectivity index (χ1) is 12.2. The zero-order valence-corrected chi connectivity index (χ0v) is 13.9. The summed E-state index contributed by atoms with van der Waals surface area (Å²) in [5.41, 5.74) is 7.57. The van der Waals surface area contributed by atoms with Crippen LogP contribution in [0.25, 0.3) is 16.9 Å². The van der Waals surface area contributed by atoms with Crippen molar-refractivity contribution >= 4 is 17.4 Å². The first kappa shape index (κ1) is 15.7. The van der Waals surface area contributed by atoms with Gasteiger partial charge in [0, 0.05) is 24.0 Å². The number of nitrogens with two attached hydrogens (primary N) is 1. The molecule has 0 spiro atoms. The molecular weight excluding hydrogens is 318 g/mol. The molecule has 3 aromatic heterocycles. The number of hydrogen-bond acceptors (Lipinski definition) is 5. The van der Waals surface area contributed by atoms with Gasteiger partial charge in [-0.3, -0.25) is 9.20 Å². The van der Waals surface area contributed by atoms with Crippen LogP contribution >= 0.6 is 0 Å². The van der Waals surface area contributed by atoms with E-state index in [4.69, 9.17) is 10.2 Å². The van der Waals surface area contributed by atoms with Crippen LogP contribution in [0.4, 0.5) is 5.82 Å². The molecular formula is C18H21N5O2. The smallest absolute Gasteiger partial charge is 0.284 e. The van der Waals surface area contributed by atoms with Crippen LogP contribution in [-0.4, -0.2) is 26.3 Å². The Balaban J connectivity index is 1.67. The van der Waals surface area contributed by atoms with Gasteiger partial charge in [0.2, 0.25) is 0 Å². The fourth-order valence-corrected chi connectivity index (χ4v) is 3.45. The van der Waals surface area contributed by atoms with E-state index in [2.05, 4.69) is 15.3 Å². The van der Waals surface area contributed by atoms with Crippen molar-refractivity contribution in [3.63, 3.8) is 0 Å². The van der Waals surface area contributed by atoms with E-state index in [0.717, 1.165) is 22.7 Å². The average molecular weight is 339 g/mol. The van der Waals surface area contributed by atoms with Crippen LogP contribution in [0.5, 0.6) is 0 Å². The number of amides is 1. The Bertz CT molecular complexity index is 890. The van der Waals surface area contributed by atoms with Crippen LogP contribution in [0, 0.1) is 0 Å². The predicted molar refractivity (Wildman–Crippen MR) is 94.3 cm³/mol. The van der Waals surface area contributed by atoms with Crippen LogP contribution in [0.2, 0.25) is 0 Å². The molecule has 3 N–H and O–H groups in total. The molecule has 0 saturated heterocycles. The maximum Gasteiger partial charge on any atom is 0.284 e. The summed E-state index contributed by atoms with van der Waals surface area (Å²) < 4.78 is 7.17. The molecule has 4 rings (SSSR count). The summed E-state index contributed by atoms with van der Waals surface area (Å²) in [6.45, 7) is 0. The molecule has 25 heavy (non-hydrogen) atoms. The minimum absolute atomic E-state index is 0.129. The molecule has 130 valence electrons. The van der Waals surface area contributed by atoms with Crippen molar-refractivity contribution in [3.05, 3.63) is 36.7 Å². The third-order valence-electron chi connectivity index (χ3n) is 4.76. The first-order valence-corrected chi connectivity index (χ1v) is 8.69. The summed E-state index contributed by atoms with van der Waals surface area (Å²) >= 11 is 0. The van der Waals surface area contributed by atoms with E-state index >= 15 is 0 Å². The predicted octanol–water partition coefficient (Wildman–Crippen LogP) is 3.22. The van der Waals surface area contributed by atoms with Gasteiger partial charge in [-0.15, -0.1) is 0 Å². The number of anilines is 1. The number of nitrogens with zero attached hydrogens (tertiary/aromatic N) is 3. The van der Waals surface area contributed by atoms with Gasteiger partial charge in [-0.05, 0) is 18.9 Å². The monoisotopic (exact) mass is 339 g/mol. The van der Waals surface area contributed by atoms with Crippen molar-refractivity contribution in [2.45, 2.75) is 44.6 Å². The molecule has 3 heterocycles. The van der Waals surface area contributed by atoms with Gasteiger partial charge >= 0.3 is 0 Å². The molecule has 0 atom stereocenters. The number of imidazole rings is 1. The van der Waals surface area contributed by atoms with Gasteiger partial charge in [0.25, 0.3) is 5.91 Å². The SMILES string of the molecule is NC(=O)c1cc(-c2cnc(NC3CCCCCC3)c3nccn23)co1. The Kier molecular flexibility index (Phi) is 4.13. The largest absolute Gasteiger partial charge is 0.458 e. The summed E-state index contributed by atoms with van der Waals surface area (Å²) in [7, 11) is 0. The maximum atomic E-state index is 11.2. The summed E-state index contributed by atoms with van der Waals surface area (Å²) in [5.74, 6) is 0.330. The fraction of sp³-hybridized carbons (Fsp3) is 0.389. The Morgan fingerprint density at radius 2 is 2.04 bits per heavy atom. The second kappa shape index (κ2) is 6.58. The number of furan rings is 1. The van der Waals surface area contributed by atoms with E-state index < -0.39 is 5.91 Å². The quantitative estimate of drug-likeness (QED) is 0.711. The molecule has 7 nitrogen and oxygen atoms in total. The van der Waals surface area contributed by atoms with Crippen molar-refractivity contribution in [1.82, 2.24) is 14.4 Å². The number of carbonyl (C=O) groups excluding carboxylic acids is 1. The molecule has 0 aromatic carbocycles. The molecule has 1 saturated carbocycles. The van der Waals surface area contributed by atoms with Gasteiger partial charge in [0.05, 0.1) is 11.9 Å². The third-order valence-corrected chi connectivity index (χ3v) is 4.76. The number of hydrogen-bond donors (Lipinski definition) is 2. The number of primary amides is 1. The lowest BCUT2D eigenvalue weighted by molar-refractivity contribution is 0.0974. The number of carbonyl (C=O) groups is 1. The van der Waals surface area contributed by atoms with E-state index in [1.807, 2.05) is 10.6 Å². The zero-order chi connectivity index (χ0) is 17.2. The molecule has 3 aromatic rings. The highest BCUT2D eigenvalue weighted by atomic mass is 16.3. The number of nitrogens with one attached hydrogen (secondary N) is 1. The summed E-state index contributed by atoms with van der Waals surface area (Å²) in [6.07, 6.45) is 14.4. The number of rotatable bonds is 4. The molecule has 0 unspecified atom stereocenters. The molecule has 1 fully saturated rings. The van der Waals surface area contributed by atoms with Gasteiger partial charge in [-0.1, -0.05) is 25.7 Å². The topological polar surface area (TPSA) is 98.5 Å².